The zero-order valence-electron chi connectivity index (χ0n) is 7.81. The molecule has 76 valence electrons. The van der Waals surface area contributed by atoms with Crippen LogP contribution in [0.25, 0.3) is 0 Å². The number of aromatic nitrogens is 2. The third-order valence-electron chi connectivity index (χ3n) is 1.34. The van der Waals surface area contributed by atoms with E-state index in [0.717, 1.165) is 17.5 Å². The Bertz CT molecular complexity index is 343. The fourth-order valence-electron chi connectivity index (χ4n) is 0.806. The lowest BCUT2D eigenvalue weighted by molar-refractivity contribution is -0.301. The fraction of sp³-hybridized carbons (Fsp3) is 0.375. The molecule has 0 aliphatic rings. The Labute approximate surface area is 85.5 Å². The molecule has 0 aliphatic heterocycles. The van der Waals surface area contributed by atoms with Gasteiger partial charge in [-0.25, -0.2) is 4.98 Å². The van der Waals surface area contributed by atoms with Gasteiger partial charge in [0.25, 0.3) is 0 Å². The van der Waals surface area contributed by atoms with Crippen molar-refractivity contribution in [3.63, 3.8) is 0 Å². The van der Waals surface area contributed by atoms with Crippen LogP contribution in [0.4, 0.5) is 0 Å². The van der Waals surface area contributed by atoms with Gasteiger partial charge >= 0.3 is 0 Å². The molecule has 0 aliphatic carbocycles. The predicted octanol–water partition coefficient (Wildman–Crippen LogP) is -0.364. The number of hydrogen-bond acceptors (Lipinski definition) is 6. The molecule has 0 radical (unpaired) electrons. The largest absolute Gasteiger partial charge is 0.549 e. The average Bonchev–Trinajstić information content (AvgIpc) is 2.14. The maximum absolute atomic E-state index is 10.2. The minimum atomic E-state index is -1.14. The number of carbonyl (C=O) groups is 1. The summed E-state index contributed by atoms with van der Waals surface area (Å²) in [6.07, 6.45) is 0. The van der Waals surface area contributed by atoms with Crippen LogP contribution in [-0.2, 0) is 4.79 Å². The second-order valence-electron chi connectivity index (χ2n) is 2.49. The van der Waals surface area contributed by atoms with Gasteiger partial charge in [-0.1, -0.05) is 11.8 Å². The molecule has 0 N–H and O–H groups in total. The van der Waals surface area contributed by atoms with Gasteiger partial charge in [0.15, 0.2) is 5.16 Å². The van der Waals surface area contributed by atoms with E-state index in [1.165, 1.54) is 7.11 Å². The van der Waals surface area contributed by atoms with Gasteiger partial charge in [0, 0.05) is 17.5 Å². The first-order valence-electron chi connectivity index (χ1n) is 3.84. The van der Waals surface area contributed by atoms with Crippen molar-refractivity contribution < 1.29 is 14.6 Å². The minimum absolute atomic E-state index is 0.160. The van der Waals surface area contributed by atoms with Gasteiger partial charge in [-0.3, -0.25) is 0 Å². The van der Waals surface area contributed by atoms with Gasteiger partial charge in [0.1, 0.15) is 0 Å². The molecule has 0 amide bonds. The number of rotatable bonds is 4. The molecule has 1 rings (SSSR count). The van der Waals surface area contributed by atoms with Crippen molar-refractivity contribution in [2.45, 2.75) is 12.1 Å². The smallest absolute Gasteiger partial charge is 0.217 e. The number of carboxylic acid groups (broad SMARTS) is 1. The summed E-state index contributed by atoms with van der Waals surface area (Å²) >= 11 is 1.01. The van der Waals surface area contributed by atoms with Crippen LogP contribution in [0.1, 0.15) is 5.69 Å². The lowest BCUT2D eigenvalue weighted by Crippen LogP contribution is -2.24. The van der Waals surface area contributed by atoms with E-state index in [-0.39, 0.29) is 5.75 Å². The van der Waals surface area contributed by atoms with E-state index in [2.05, 4.69) is 9.97 Å². The van der Waals surface area contributed by atoms with Gasteiger partial charge in [0.2, 0.25) is 5.88 Å². The summed E-state index contributed by atoms with van der Waals surface area (Å²) in [5.74, 6) is -0.871. The fourth-order valence-corrected chi connectivity index (χ4v) is 1.42. The molecule has 14 heavy (non-hydrogen) atoms. The van der Waals surface area contributed by atoms with E-state index in [1.807, 2.05) is 0 Å². The van der Waals surface area contributed by atoms with E-state index in [0.29, 0.717) is 11.0 Å². The highest BCUT2D eigenvalue weighted by Gasteiger charge is 2.02. The summed E-state index contributed by atoms with van der Waals surface area (Å²) in [6, 6.07) is 1.67. The van der Waals surface area contributed by atoms with Crippen LogP contribution in [0.2, 0.25) is 0 Å². The summed E-state index contributed by atoms with van der Waals surface area (Å²) in [4.78, 5) is 18.2. The monoisotopic (exact) mass is 213 g/mol. The third-order valence-corrected chi connectivity index (χ3v) is 2.16. The standard InChI is InChI=1S/C8H10N2O3S/c1-5-3-6(13-2)10-8(9-5)14-4-7(11)12/h3H,4H2,1-2H3,(H,11,12)/p-1. The molecule has 0 unspecified atom stereocenters. The topological polar surface area (TPSA) is 75.1 Å². The van der Waals surface area contributed by atoms with Gasteiger partial charge in [-0.15, -0.1) is 0 Å². The highest BCUT2D eigenvalue weighted by Crippen LogP contribution is 2.16. The van der Waals surface area contributed by atoms with Crippen molar-refractivity contribution in [3.05, 3.63) is 11.8 Å². The molecule has 0 saturated heterocycles. The second kappa shape index (κ2) is 4.80. The summed E-state index contributed by atoms with van der Waals surface area (Å²) in [6.45, 7) is 1.78. The van der Waals surface area contributed by atoms with Gasteiger partial charge < -0.3 is 14.6 Å². The summed E-state index contributed by atoms with van der Waals surface area (Å²) in [7, 11) is 1.50. The summed E-state index contributed by atoms with van der Waals surface area (Å²) in [5.41, 5.74) is 0.734. The third kappa shape index (κ3) is 3.21. The number of carboxylic acids is 1. The number of hydrogen-bond donors (Lipinski definition) is 0. The molecule has 6 heteroatoms. The number of aryl methyl sites for hydroxylation is 1. The number of aliphatic carboxylic acids is 1. The van der Waals surface area contributed by atoms with Crippen LogP contribution in [-0.4, -0.2) is 28.8 Å². The highest BCUT2D eigenvalue weighted by atomic mass is 32.2. The Hall–Kier alpha value is -1.30. The first-order valence-corrected chi connectivity index (χ1v) is 4.82. The molecule has 1 aromatic rings. The Balaban J connectivity index is 2.76. The van der Waals surface area contributed by atoms with E-state index < -0.39 is 5.97 Å². The normalized spacial score (nSPS) is 9.86. The molecule has 1 aromatic heterocycles. The average molecular weight is 213 g/mol. The molecule has 0 spiro atoms. The minimum Gasteiger partial charge on any atom is -0.549 e. The zero-order chi connectivity index (χ0) is 10.6. The number of thioether (sulfide) groups is 1. The molecule has 1 heterocycles. The highest BCUT2D eigenvalue weighted by molar-refractivity contribution is 7.99. The first-order chi connectivity index (χ1) is 6.61. The molecule has 0 fully saturated rings. The quantitative estimate of drug-likeness (QED) is 0.502. The van der Waals surface area contributed by atoms with Crippen LogP contribution in [0, 0.1) is 6.92 Å². The van der Waals surface area contributed by atoms with Crippen molar-refractivity contribution >= 4 is 17.7 Å². The number of nitrogens with zero attached hydrogens (tertiary/aromatic N) is 2. The van der Waals surface area contributed by atoms with Gasteiger partial charge in [-0.05, 0) is 6.92 Å². The second-order valence-corrected chi connectivity index (χ2v) is 3.44. The Morgan fingerprint density at radius 3 is 2.93 bits per heavy atom. The molecule has 0 atom stereocenters. The van der Waals surface area contributed by atoms with Gasteiger partial charge in [0.05, 0.1) is 13.1 Å². The van der Waals surface area contributed by atoms with Crippen molar-refractivity contribution in [3.8, 4) is 5.88 Å². The van der Waals surface area contributed by atoms with Crippen molar-refractivity contribution in [2.75, 3.05) is 12.9 Å². The lowest BCUT2D eigenvalue weighted by atomic mass is 10.4. The predicted molar refractivity (Wildman–Crippen MR) is 49.1 cm³/mol. The SMILES string of the molecule is COc1cc(C)nc(SCC(=O)[O-])n1. The van der Waals surface area contributed by atoms with E-state index in [9.17, 15) is 9.90 Å². The molecule has 5 nitrogen and oxygen atoms in total. The van der Waals surface area contributed by atoms with Crippen LogP contribution in [0.5, 0.6) is 5.88 Å². The number of carbonyl (C=O) groups excluding carboxylic acids is 1. The Kier molecular flexibility index (Phi) is 3.70. The van der Waals surface area contributed by atoms with Crippen molar-refractivity contribution in [1.82, 2.24) is 9.97 Å². The molecule has 0 aromatic carbocycles. The van der Waals surface area contributed by atoms with E-state index in [4.69, 9.17) is 4.74 Å². The first kappa shape index (κ1) is 10.8. The number of ether oxygens (including phenoxy) is 1. The van der Waals surface area contributed by atoms with E-state index >= 15 is 0 Å². The maximum Gasteiger partial charge on any atom is 0.217 e. The van der Waals surface area contributed by atoms with Crippen LogP contribution >= 0.6 is 11.8 Å². The van der Waals surface area contributed by atoms with Crippen molar-refractivity contribution in [2.24, 2.45) is 0 Å². The van der Waals surface area contributed by atoms with Crippen LogP contribution in [0.3, 0.4) is 0 Å². The van der Waals surface area contributed by atoms with Crippen LogP contribution in [0.15, 0.2) is 11.2 Å². The molecular weight excluding hydrogens is 204 g/mol. The van der Waals surface area contributed by atoms with E-state index in [1.54, 1.807) is 13.0 Å². The molecule has 0 saturated carbocycles. The molecular formula is C8H9N2O3S-. The van der Waals surface area contributed by atoms with Crippen LogP contribution < -0.4 is 9.84 Å². The number of methoxy groups -OCH3 is 1. The van der Waals surface area contributed by atoms with Gasteiger partial charge in [-0.2, -0.15) is 4.98 Å². The Morgan fingerprint density at radius 2 is 2.36 bits per heavy atom. The summed E-state index contributed by atoms with van der Waals surface area (Å²) < 4.78 is 4.91. The Morgan fingerprint density at radius 1 is 1.64 bits per heavy atom. The van der Waals surface area contributed by atoms with Crippen molar-refractivity contribution in [1.29, 1.82) is 0 Å². The summed E-state index contributed by atoms with van der Waals surface area (Å²) in [5, 5.41) is 10.6. The zero-order valence-corrected chi connectivity index (χ0v) is 8.63. The maximum atomic E-state index is 10.2. The molecule has 0 bridgehead atoms. The lowest BCUT2D eigenvalue weighted by Gasteiger charge is -2.04.